The highest BCUT2D eigenvalue weighted by atomic mass is 15.2. The van der Waals surface area contributed by atoms with Crippen LogP contribution in [-0.2, 0) is 0 Å². The number of likely N-dealkylation sites (tertiary alicyclic amines) is 1. The van der Waals surface area contributed by atoms with E-state index < -0.39 is 0 Å². The van der Waals surface area contributed by atoms with E-state index in [2.05, 4.69) is 24.1 Å². The van der Waals surface area contributed by atoms with Gasteiger partial charge >= 0.3 is 0 Å². The van der Waals surface area contributed by atoms with Crippen LogP contribution in [0.5, 0.6) is 0 Å². The lowest BCUT2D eigenvalue weighted by Crippen LogP contribution is -2.54. The minimum absolute atomic E-state index is 0.536. The van der Waals surface area contributed by atoms with Crippen LogP contribution in [0.25, 0.3) is 0 Å². The van der Waals surface area contributed by atoms with Gasteiger partial charge in [0, 0.05) is 18.1 Å². The minimum atomic E-state index is 0.536. The summed E-state index contributed by atoms with van der Waals surface area (Å²) in [5.74, 6) is 0. The molecule has 1 N–H and O–H groups in total. The summed E-state index contributed by atoms with van der Waals surface area (Å²) < 4.78 is 0. The van der Waals surface area contributed by atoms with Crippen LogP contribution in [0, 0.1) is 0 Å². The van der Waals surface area contributed by atoms with Crippen LogP contribution in [0.15, 0.2) is 0 Å². The molecule has 0 aromatic heterocycles. The minimum Gasteiger partial charge on any atom is -0.313 e. The van der Waals surface area contributed by atoms with Crippen molar-refractivity contribution in [2.24, 2.45) is 0 Å². The highest BCUT2D eigenvalue weighted by Crippen LogP contribution is 2.36. The molecular formula is C13H26N2. The van der Waals surface area contributed by atoms with E-state index in [0.717, 1.165) is 12.6 Å². The maximum atomic E-state index is 3.61. The molecule has 15 heavy (non-hydrogen) atoms. The van der Waals surface area contributed by atoms with Gasteiger partial charge in [0.15, 0.2) is 0 Å². The summed E-state index contributed by atoms with van der Waals surface area (Å²) in [5, 5.41) is 3.61. The maximum Gasteiger partial charge on any atom is 0.0195 e. The van der Waals surface area contributed by atoms with E-state index >= 15 is 0 Å². The smallest absolute Gasteiger partial charge is 0.0195 e. The van der Waals surface area contributed by atoms with E-state index in [4.69, 9.17) is 0 Å². The van der Waals surface area contributed by atoms with Crippen molar-refractivity contribution in [3.63, 3.8) is 0 Å². The first-order valence-corrected chi connectivity index (χ1v) is 6.73. The first-order valence-electron chi connectivity index (χ1n) is 6.73. The summed E-state index contributed by atoms with van der Waals surface area (Å²) in [4.78, 5) is 2.76. The zero-order chi connectivity index (χ0) is 10.7. The average molecular weight is 210 g/mol. The van der Waals surface area contributed by atoms with E-state index in [1.54, 1.807) is 0 Å². The third-order valence-corrected chi connectivity index (χ3v) is 4.36. The van der Waals surface area contributed by atoms with E-state index in [9.17, 15) is 0 Å². The molecule has 1 aliphatic carbocycles. The molecule has 1 heterocycles. The topological polar surface area (TPSA) is 15.3 Å². The van der Waals surface area contributed by atoms with Crippen LogP contribution < -0.4 is 5.32 Å². The van der Waals surface area contributed by atoms with Crippen molar-refractivity contribution in [3.05, 3.63) is 0 Å². The number of rotatable bonds is 3. The second-order valence-electron chi connectivity index (χ2n) is 5.55. The normalized spacial score (nSPS) is 32.0. The molecule has 88 valence electrons. The van der Waals surface area contributed by atoms with Crippen LogP contribution in [0.4, 0.5) is 0 Å². The molecule has 2 rings (SSSR count). The standard InChI is InChI=1S/C13H26N2/c1-3-14-12-7-6-10-15(11-12)13(2)8-4-5-9-13/h12,14H,3-11H2,1-2H3. The van der Waals surface area contributed by atoms with Gasteiger partial charge in [-0.05, 0) is 45.7 Å². The third kappa shape index (κ3) is 2.54. The fourth-order valence-electron chi connectivity index (χ4n) is 3.38. The Morgan fingerprint density at radius 1 is 1.27 bits per heavy atom. The molecule has 0 aromatic carbocycles. The van der Waals surface area contributed by atoms with Crippen molar-refractivity contribution in [3.8, 4) is 0 Å². The lowest BCUT2D eigenvalue weighted by Gasteiger charge is -2.44. The number of nitrogens with zero attached hydrogens (tertiary/aromatic N) is 1. The van der Waals surface area contributed by atoms with Crippen LogP contribution in [0.1, 0.15) is 52.4 Å². The first kappa shape index (κ1) is 11.4. The van der Waals surface area contributed by atoms with Gasteiger partial charge < -0.3 is 5.32 Å². The molecule has 1 saturated heterocycles. The molecule has 1 aliphatic heterocycles. The lowest BCUT2D eigenvalue weighted by molar-refractivity contribution is 0.0695. The van der Waals surface area contributed by atoms with E-state index in [1.165, 1.54) is 51.6 Å². The van der Waals surface area contributed by atoms with Crippen LogP contribution in [0.3, 0.4) is 0 Å². The van der Waals surface area contributed by atoms with Crippen molar-refractivity contribution in [2.75, 3.05) is 19.6 Å². The molecule has 0 radical (unpaired) electrons. The van der Waals surface area contributed by atoms with Gasteiger partial charge in [-0.1, -0.05) is 19.8 Å². The summed E-state index contributed by atoms with van der Waals surface area (Å²) in [6.45, 7) is 8.43. The van der Waals surface area contributed by atoms with Crippen molar-refractivity contribution >= 4 is 0 Å². The molecule has 0 spiro atoms. The second-order valence-corrected chi connectivity index (χ2v) is 5.55. The Hall–Kier alpha value is -0.0800. The van der Waals surface area contributed by atoms with Gasteiger partial charge in [0.1, 0.15) is 0 Å². The molecule has 2 nitrogen and oxygen atoms in total. The maximum absolute atomic E-state index is 3.61. The number of nitrogens with one attached hydrogen (secondary N) is 1. The van der Waals surface area contributed by atoms with Gasteiger partial charge in [-0.25, -0.2) is 0 Å². The quantitative estimate of drug-likeness (QED) is 0.769. The summed E-state index contributed by atoms with van der Waals surface area (Å²) in [6.07, 6.45) is 8.49. The Morgan fingerprint density at radius 3 is 2.67 bits per heavy atom. The van der Waals surface area contributed by atoms with Gasteiger partial charge in [0.25, 0.3) is 0 Å². The van der Waals surface area contributed by atoms with Crippen LogP contribution in [0.2, 0.25) is 0 Å². The third-order valence-electron chi connectivity index (χ3n) is 4.36. The molecule has 1 unspecified atom stereocenters. The van der Waals surface area contributed by atoms with Crippen molar-refractivity contribution in [2.45, 2.75) is 64.0 Å². The summed E-state index contributed by atoms with van der Waals surface area (Å²) in [7, 11) is 0. The predicted octanol–water partition coefficient (Wildman–Crippen LogP) is 2.39. The van der Waals surface area contributed by atoms with Gasteiger partial charge in [0.2, 0.25) is 0 Å². The zero-order valence-electron chi connectivity index (χ0n) is 10.4. The van der Waals surface area contributed by atoms with E-state index in [1.807, 2.05) is 0 Å². The van der Waals surface area contributed by atoms with Gasteiger partial charge in [-0.3, -0.25) is 4.90 Å². The highest BCUT2D eigenvalue weighted by Gasteiger charge is 2.36. The molecule has 0 aromatic rings. The molecule has 2 fully saturated rings. The fraction of sp³-hybridized carbons (Fsp3) is 1.00. The van der Waals surface area contributed by atoms with Crippen molar-refractivity contribution < 1.29 is 0 Å². The molecular weight excluding hydrogens is 184 g/mol. The largest absolute Gasteiger partial charge is 0.313 e. The van der Waals surface area contributed by atoms with E-state index in [0.29, 0.717) is 5.54 Å². The Morgan fingerprint density at radius 2 is 2.00 bits per heavy atom. The fourth-order valence-corrected chi connectivity index (χ4v) is 3.38. The monoisotopic (exact) mass is 210 g/mol. The van der Waals surface area contributed by atoms with Crippen LogP contribution in [-0.4, -0.2) is 36.1 Å². The Kier molecular flexibility index (Phi) is 3.68. The number of hydrogen-bond donors (Lipinski definition) is 1. The Balaban J connectivity index is 1.91. The molecule has 2 aliphatic rings. The van der Waals surface area contributed by atoms with Crippen molar-refractivity contribution in [1.29, 1.82) is 0 Å². The number of likely N-dealkylation sites (N-methyl/N-ethyl adjacent to an activating group) is 1. The molecule has 1 saturated carbocycles. The summed E-state index contributed by atoms with van der Waals surface area (Å²) in [5.41, 5.74) is 0.536. The second kappa shape index (κ2) is 4.84. The van der Waals surface area contributed by atoms with Gasteiger partial charge in [0.05, 0.1) is 0 Å². The van der Waals surface area contributed by atoms with Gasteiger partial charge in [-0.2, -0.15) is 0 Å². The average Bonchev–Trinajstić information content (AvgIpc) is 2.68. The van der Waals surface area contributed by atoms with Gasteiger partial charge in [-0.15, -0.1) is 0 Å². The molecule has 1 atom stereocenters. The molecule has 0 bridgehead atoms. The summed E-state index contributed by atoms with van der Waals surface area (Å²) in [6, 6.07) is 0.751. The Labute approximate surface area is 94.4 Å². The predicted molar refractivity (Wildman–Crippen MR) is 65.1 cm³/mol. The number of hydrogen-bond acceptors (Lipinski definition) is 2. The first-order chi connectivity index (χ1) is 7.24. The molecule has 2 heteroatoms. The number of piperidine rings is 1. The SMILES string of the molecule is CCNC1CCCN(C2(C)CCCC2)C1. The van der Waals surface area contributed by atoms with Crippen molar-refractivity contribution in [1.82, 2.24) is 10.2 Å². The molecule has 0 amide bonds. The summed E-state index contributed by atoms with van der Waals surface area (Å²) >= 11 is 0. The Bertz CT molecular complexity index is 195. The zero-order valence-corrected chi connectivity index (χ0v) is 10.4. The lowest BCUT2D eigenvalue weighted by atomic mass is 9.93. The highest BCUT2D eigenvalue weighted by molar-refractivity contribution is 4.94. The van der Waals surface area contributed by atoms with E-state index in [-0.39, 0.29) is 0 Å². The van der Waals surface area contributed by atoms with Crippen LogP contribution >= 0.6 is 0 Å².